The second-order valence-electron chi connectivity index (χ2n) is 5.54. The second-order valence-corrected chi connectivity index (χ2v) is 7.12. The van der Waals surface area contributed by atoms with Crippen LogP contribution in [0.2, 0.25) is 5.15 Å². The van der Waals surface area contributed by atoms with Gasteiger partial charge in [-0.05, 0) is 13.3 Å². The molecule has 0 aliphatic heterocycles. The fourth-order valence-corrected chi connectivity index (χ4v) is 3.40. The summed E-state index contributed by atoms with van der Waals surface area (Å²) in [4.78, 5) is 17.9. The Morgan fingerprint density at radius 1 is 1.41 bits per heavy atom. The van der Waals surface area contributed by atoms with Crippen molar-refractivity contribution in [1.29, 1.82) is 0 Å². The molecule has 0 aliphatic rings. The molecule has 1 aromatic heterocycles. The molecule has 1 heterocycles. The number of thioether (sulfide) groups is 1. The lowest BCUT2D eigenvalue weighted by atomic mass is 10.3. The number of aromatic nitrogens is 2. The van der Waals surface area contributed by atoms with Crippen molar-refractivity contribution in [2.24, 2.45) is 4.99 Å². The van der Waals surface area contributed by atoms with Gasteiger partial charge in [0.2, 0.25) is 5.91 Å². The third kappa shape index (κ3) is 7.96. The molecule has 5 nitrogen and oxygen atoms in total. The van der Waals surface area contributed by atoms with Crippen molar-refractivity contribution in [2.75, 3.05) is 30.0 Å². The number of rotatable bonds is 10. The van der Waals surface area contributed by atoms with E-state index in [1.807, 2.05) is 13.0 Å². The molecule has 152 valence electrons. The Balaban J connectivity index is 2.78. The molecule has 0 bridgehead atoms. The van der Waals surface area contributed by atoms with Gasteiger partial charge in [-0.1, -0.05) is 24.6 Å². The van der Waals surface area contributed by atoms with E-state index >= 15 is 0 Å². The molecule has 0 radical (unpaired) electrons. The van der Waals surface area contributed by atoms with Gasteiger partial charge in [0.15, 0.2) is 5.15 Å². The van der Waals surface area contributed by atoms with E-state index in [1.165, 1.54) is 4.90 Å². The van der Waals surface area contributed by atoms with Crippen molar-refractivity contribution in [3.8, 4) is 0 Å². The number of anilines is 1. The molecule has 0 saturated carbocycles. The summed E-state index contributed by atoms with van der Waals surface area (Å²) >= 11 is 7.32. The van der Waals surface area contributed by atoms with Crippen LogP contribution < -0.4 is 4.90 Å². The number of carbonyl (C=O) groups excluding carboxylic acids is 1. The van der Waals surface area contributed by atoms with Crippen LogP contribution in [0.5, 0.6) is 0 Å². The van der Waals surface area contributed by atoms with E-state index in [2.05, 4.69) is 10.1 Å². The van der Waals surface area contributed by atoms with Crippen molar-refractivity contribution < 1.29 is 18.0 Å². The molecule has 0 aliphatic carbocycles. The first-order valence-corrected chi connectivity index (χ1v) is 10.1. The first kappa shape index (κ1) is 23.6. The number of amides is 1. The quantitative estimate of drug-likeness (QED) is 0.396. The Morgan fingerprint density at radius 2 is 2.11 bits per heavy atom. The monoisotopic (exact) mass is 424 g/mol. The summed E-state index contributed by atoms with van der Waals surface area (Å²) < 4.78 is 38.0. The van der Waals surface area contributed by atoms with Gasteiger partial charge >= 0.3 is 6.18 Å². The number of nitrogens with zero attached hydrogens (tertiary/aromatic N) is 4. The van der Waals surface area contributed by atoms with E-state index in [1.54, 1.807) is 31.1 Å². The van der Waals surface area contributed by atoms with Gasteiger partial charge in [-0.2, -0.15) is 30.0 Å². The van der Waals surface area contributed by atoms with Gasteiger partial charge in [-0.3, -0.25) is 9.79 Å². The van der Waals surface area contributed by atoms with Gasteiger partial charge in [0.05, 0.1) is 18.3 Å². The Bertz CT molecular complexity index is 674. The maximum Gasteiger partial charge on any atom is 0.389 e. The summed E-state index contributed by atoms with van der Waals surface area (Å²) in [6, 6.07) is 0. The van der Waals surface area contributed by atoms with Crippen molar-refractivity contribution in [2.45, 2.75) is 39.3 Å². The van der Waals surface area contributed by atoms with Crippen LogP contribution in [0.15, 0.2) is 17.3 Å². The molecule has 0 unspecified atom stereocenters. The van der Waals surface area contributed by atoms with Gasteiger partial charge in [-0.15, -0.1) is 0 Å². The molecule has 1 amide bonds. The van der Waals surface area contributed by atoms with Crippen molar-refractivity contribution in [1.82, 2.24) is 9.78 Å². The van der Waals surface area contributed by atoms with E-state index in [0.29, 0.717) is 18.0 Å². The molecule has 0 atom stereocenters. The zero-order valence-electron chi connectivity index (χ0n) is 15.6. The Morgan fingerprint density at radius 3 is 2.67 bits per heavy atom. The fraction of sp³-hybridized carbons (Fsp3) is 0.588. The van der Waals surface area contributed by atoms with Gasteiger partial charge < -0.3 is 4.90 Å². The summed E-state index contributed by atoms with van der Waals surface area (Å²) in [7, 11) is 1.65. The van der Waals surface area contributed by atoms with E-state index < -0.39 is 12.6 Å². The van der Waals surface area contributed by atoms with E-state index in [9.17, 15) is 18.0 Å². The van der Waals surface area contributed by atoms with Crippen LogP contribution in [0.1, 0.15) is 33.1 Å². The number of alkyl halides is 3. The third-order valence-corrected chi connectivity index (χ3v) is 4.74. The number of allylic oxidation sites excluding steroid dienone is 2. The van der Waals surface area contributed by atoms with Crippen LogP contribution in [-0.4, -0.2) is 53.2 Å². The highest BCUT2D eigenvalue weighted by Gasteiger charge is 2.26. The fourth-order valence-electron chi connectivity index (χ4n) is 2.27. The lowest BCUT2D eigenvalue weighted by Crippen LogP contribution is -2.30. The van der Waals surface area contributed by atoms with Gasteiger partial charge in [0, 0.05) is 37.7 Å². The normalized spacial score (nSPS) is 12.8. The third-order valence-electron chi connectivity index (χ3n) is 3.49. The predicted octanol–water partition coefficient (Wildman–Crippen LogP) is 4.92. The molecule has 27 heavy (non-hydrogen) atoms. The van der Waals surface area contributed by atoms with Gasteiger partial charge in [0.1, 0.15) is 5.69 Å². The summed E-state index contributed by atoms with van der Waals surface area (Å²) in [5, 5.41) is 4.42. The van der Waals surface area contributed by atoms with Crippen LogP contribution in [0.25, 0.3) is 5.70 Å². The summed E-state index contributed by atoms with van der Waals surface area (Å²) in [5.74, 6) is 0.0627. The predicted molar refractivity (Wildman–Crippen MR) is 107 cm³/mol. The number of aliphatic imine (C=N–C) groups is 1. The average molecular weight is 425 g/mol. The standard InChI is InChI=1S/C17H24ClF3N4OS/c1-4-6-13(11-22-3)25-12-14(16(18)23-25)24(5-2)15(26)7-9-27-10-8-17(19,20)21/h6,11-12H,4-5,7-10H2,1-3H3. The smallest absolute Gasteiger partial charge is 0.308 e. The van der Waals surface area contributed by atoms with Crippen LogP contribution in [0, 0.1) is 0 Å². The number of hydrogen-bond acceptors (Lipinski definition) is 4. The topological polar surface area (TPSA) is 50.5 Å². The molecule has 0 fully saturated rings. The first-order valence-electron chi connectivity index (χ1n) is 8.56. The Kier molecular flexibility index (Phi) is 9.93. The number of hydrogen-bond donors (Lipinski definition) is 0. The zero-order chi connectivity index (χ0) is 20.4. The highest BCUT2D eigenvalue weighted by atomic mass is 35.5. The lowest BCUT2D eigenvalue weighted by Gasteiger charge is -2.19. The summed E-state index contributed by atoms with van der Waals surface area (Å²) in [6.45, 7) is 4.17. The van der Waals surface area contributed by atoms with Gasteiger partial charge in [0.25, 0.3) is 0 Å². The molecule has 1 rings (SSSR count). The van der Waals surface area contributed by atoms with E-state index in [4.69, 9.17) is 11.6 Å². The molecular formula is C17H24ClF3N4OS. The SMILES string of the molecule is CCC=C(C=NC)n1cc(N(CC)C(=O)CCSCCC(F)(F)F)c(Cl)n1. The molecule has 0 saturated heterocycles. The van der Waals surface area contributed by atoms with Crippen LogP contribution in [0.4, 0.5) is 18.9 Å². The second kappa shape index (κ2) is 11.4. The van der Waals surface area contributed by atoms with Crippen molar-refractivity contribution >= 4 is 46.9 Å². The lowest BCUT2D eigenvalue weighted by molar-refractivity contribution is -0.129. The largest absolute Gasteiger partial charge is 0.389 e. The molecule has 0 N–H and O–H groups in total. The van der Waals surface area contributed by atoms with E-state index in [-0.39, 0.29) is 23.2 Å². The summed E-state index contributed by atoms with van der Waals surface area (Å²) in [6.07, 6.45) is 1.12. The van der Waals surface area contributed by atoms with E-state index in [0.717, 1.165) is 23.9 Å². The van der Waals surface area contributed by atoms with Crippen molar-refractivity contribution in [3.05, 3.63) is 17.4 Å². The summed E-state index contributed by atoms with van der Waals surface area (Å²) in [5.41, 5.74) is 1.20. The first-order chi connectivity index (χ1) is 12.7. The highest BCUT2D eigenvalue weighted by molar-refractivity contribution is 7.99. The maximum atomic E-state index is 12.5. The minimum absolute atomic E-state index is 0.0525. The molecular weight excluding hydrogens is 401 g/mol. The maximum absolute atomic E-state index is 12.5. The van der Waals surface area contributed by atoms with Crippen molar-refractivity contribution in [3.63, 3.8) is 0 Å². The van der Waals surface area contributed by atoms with Crippen LogP contribution >= 0.6 is 23.4 Å². The van der Waals surface area contributed by atoms with Crippen LogP contribution in [-0.2, 0) is 4.79 Å². The molecule has 0 spiro atoms. The van der Waals surface area contributed by atoms with Crippen LogP contribution in [0.3, 0.4) is 0 Å². The number of carbonyl (C=O) groups is 1. The molecule has 1 aromatic rings. The van der Waals surface area contributed by atoms with Gasteiger partial charge in [-0.25, -0.2) is 4.68 Å². The number of halogens is 4. The average Bonchev–Trinajstić information content (AvgIpc) is 2.95. The molecule has 10 heteroatoms. The minimum Gasteiger partial charge on any atom is -0.308 e. The minimum atomic E-state index is -4.17. The Labute approximate surface area is 166 Å². The zero-order valence-corrected chi connectivity index (χ0v) is 17.2. The molecule has 0 aromatic carbocycles. The Hall–Kier alpha value is -1.48. The highest BCUT2D eigenvalue weighted by Crippen LogP contribution is 2.27.